The second-order valence-electron chi connectivity index (χ2n) is 10.3. The van der Waals surface area contributed by atoms with Gasteiger partial charge in [-0.2, -0.15) is 0 Å². The zero-order valence-electron chi connectivity index (χ0n) is 20.6. The summed E-state index contributed by atoms with van der Waals surface area (Å²) in [6, 6.07) is 7.06. The van der Waals surface area contributed by atoms with Gasteiger partial charge in [-0.05, 0) is 61.9 Å². The number of amides is 2. The molecule has 0 saturated heterocycles. The number of fused-ring (bicyclic) bond motifs is 2. The Morgan fingerprint density at radius 1 is 1.12 bits per heavy atom. The lowest BCUT2D eigenvalue weighted by Gasteiger charge is -2.28. The van der Waals surface area contributed by atoms with Crippen LogP contribution < -0.4 is 10.6 Å². The SMILES string of the molecule is CCCCC(NC(=O)c1[nH]c2c(c1C)C(=O)CC(C)(C)C2)C(=O)Nc1ccc2[nH]c(C)cc2c1. The van der Waals surface area contributed by atoms with Crippen LogP contribution in [0, 0.1) is 19.3 Å². The molecule has 0 fully saturated rings. The maximum Gasteiger partial charge on any atom is 0.268 e. The number of unbranched alkanes of at least 4 members (excludes halogenated alkanes) is 1. The van der Waals surface area contributed by atoms with E-state index in [1.165, 1.54) is 0 Å². The maximum atomic E-state index is 13.2. The van der Waals surface area contributed by atoms with Gasteiger partial charge in [-0.15, -0.1) is 0 Å². The van der Waals surface area contributed by atoms with Gasteiger partial charge in [0.25, 0.3) is 5.91 Å². The minimum atomic E-state index is -0.678. The standard InChI is InChI=1S/C27H34N4O3/c1-6-7-8-20(25(33)29-18-9-10-19-17(12-18)11-15(2)28-19)31-26(34)24-16(3)23-21(30-24)13-27(4,5)14-22(23)32/h9-12,20,28,30H,6-8,13-14H2,1-5H3,(H,29,33)(H,31,34). The fourth-order valence-electron chi connectivity index (χ4n) is 4.95. The van der Waals surface area contributed by atoms with E-state index < -0.39 is 6.04 Å². The fourth-order valence-corrected chi connectivity index (χ4v) is 4.95. The van der Waals surface area contributed by atoms with E-state index in [1.807, 2.05) is 31.2 Å². The summed E-state index contributed by atoms with van der Waals surface area (Å²) >= 11 is 0. The first kappa shape index (κ1) is 23.8. The first-order valence-corrected chi connectivity index (χ1v) is 12.0. The van der Waals surface area contributed by atoms with Crippen LogP contribution in [0.1, 0.15) is 84.3 Å². The minimum absolute atomic E-state index is 0.0645. The predicted molar refractivity (Wildman–Crippen MR) is 134 cm³/mol. The molecule has 4 rings (SSSR count). The zero-order chi connectivity index (χ0) is 24.6. The Balaban J connectivity index is 1.53. The summed E-state index contributed by atoms with van der Waals surface area (Å²) in [4.78, 5) is 45.5. The molecule has 1 atom stereocenters. The molecule has 34 heavy (non-hydrogen) atoms. The lowest BCUT2D eigenvalue weighted by Crippen LogP contribution is -2.44. The van der Waals surface area contributed by atoms with E-state index in [0.29, 0.717) is 41.8 Å². The highest BCUT2D eigenvalue weighted by Gasteiger charge is 2.35. The van der Waals surface area contributed by atoms with Crippen LogP contribution in [-0.4, -0.2) is 33.6 Å². The normalized spacial score (nSPS) is 15.7. The van der Waals surface area contributed by atoms with Crippen LogP contribution >= 0.6 is 0 Å². The van der Waals surface area contributed by atoms with Crippen molar-refractivity contribution >= 4 is 34.2 Å². The smallest absolute Gasteiger partial charge is 0.268 e. The summed E-state index contributed by atoms with van der Waals surface area (Å²) in [6.45, 7) is 9.96. The molecule has 1 aliphatic carbocycles. The number of carbonyl (C=O) groups is 3. The topological polar surface area (TPSA) is 107 Å². The number of rotatable bonds is 7. The lowest BCUT2D eigenvalue weighted by molar-refractivity contribution is -0.118. The number of ketones is 1. The highest BCUT2D eigenvalue weighted by Crippen LogP contribution is 2.36. The molecular weight excluding hydrogens is 428 g/mol. The summed E-state index contributed by atoms with van der Waals surface area (Å²) in [5.41, 5.74) is 5.09. The Labute approximate surface area is 200 Å². The van der Waals surface area contributed by atoms with Crippen molar-refractivity contribution in [2.75, 3.05) is 5.32 Å². The third-order valence-corrected chi connectivity index (χ3v) is 6.62. The van der Waals surface area contributed by atoms with E-state index in [4.69, 9.17) is 0 Å². The van der Waals surface area contributed by atoms with E-state index >= 15 is 0 Å². The van der Waals surface area contributed by atoms with Gasteiger partial charge in [0.1, 0.15) is 11.7 Å². The number of anilines is 1. The number of Topliss-reactive ketones (excluding diaryl/α,β-unsaturated/α-hetero) is 1. The summed E-state index contributed by atoms with van der Waals surface area (Å²) < 4.78 is 0. The van der Waals surface area contributed by atoms with Crippen molar-refractivity contribution < 1.29 is 14.4 Å². The van der Waals surface area contributed by atoms with Gasteiger partial charge < -0.3 is 20.6 Å². The number of benzene rings is 1. The van der Waals surface area contributed by atoms with Gasteiger partial charge in [-0.3, -0.25) is 14.4 Å². The van der Waals surface area contributed by atoms with Crippen molar-refractivity contribution in [1.29, 1.82) is 0 Å². The Hall–Kier alpha value is -3.35. The maximum absolute atomic E-state index is 13.2. The average Bonchev–Trinajstić information content (AvgIpc) is 3.28. The van der Waals surface area contributed by atoms with Crippen molar-refractivity contribution in [3.8, 4) is 0 Å². The lowest BCUT2D eigenvalue weighted by atomic mass is 9.75. The number of nitrogens with one attached hydrogen (secondary N) is 4. The molecule has 1 unspecified atom stereocenters. The van der Waals surface area contributed by atoms with Gasteiger partial charge in [0.15, 0.2) is 5.78 Å². The quantitative estimate of drug-likeness (QED) is 0.388. The molecule has 1 aromatic carbocycles. The summed E-state index contributed by atoms with van der Waals surface area (Å²) in [5.74, 6) is -0.542. The number of aromatic nitrogens is 2. The van der Waals surface area contributed by atoms with E-state index in [9.17, 15) is 14.4 Å². The van der Waals surface area contributed by atoms with E-state index in [0.717, 1.165) is 35.1 Å². The highest BCUT2D eigenvalue weighted by molar-refractivity contribution is 6.06. The molecule has 2 amide bonds. The number of hydrogen-bond donors (Lipinski definition) is 4. The van der Waals surface area contributed by atoms with Crippen molar-refractivity contribution in [3.63, 3.8) is 0 Å². The zero-order valence-corrected chi connectivity index (χ0v) is 20.6. The molecule has 0 spiro atoms. The molecule has 180 valence electrons. The van der Waals surface area contributed by atoms with Gasteiger partial charge in [0.2, 0.25) is 5.91 Å². The van der Waals surface area contributed by atoms with Crippen molar-refractivity contribution in [3.05, 3.63) is 52.5 Å². The minimum Gasteiger partial charge on any atom is -0.359 e. The van der Waals surface area contributed by atoms with Crippen molar-refractivity contribution in [1.82, 2.24) is 15.3 Å². The number of aromatic amines is 2. The Morgan fingerprint density at radius 2 is 1.88 bits per heavy atom. The molecule has 4 N–H and O–H groups in total. The number of carbonyl (C=O) groups excluding carboxylic acids is 3. The van der Waals surface area contributed by atoms with Crippen LogP contribution in [0.2, 0.25) is 0 Å². The van der Waals surface area contributed by atoms with Crippen molar-refractivity contribution in [2.45, 2.75) is 72.8 Å². The second kappa shape index (κ2) is 9.12. The van der Waals surface area contributed by atoms with Crippen LogP contribution in [-0.2, 0) is 11.2 Å². The number of aryl methyl sites for hydroxylation is 1. The summed E-state index contributed by atoms with van der Waals surface area (Å²) in [7, 11) is 0. The number of H-pyrrole nitrogens is 2. The Kier molecular flexibility index (Phi) is 6.39. The molecule has 2 aromatic heterocycles. The van der Waals surface area contributed by atoms with Gasteiger partial charge in [0, 0.05) is 40.0 Å². The average molecular weight is 463 g/mol. The third-order valence-electron chi connectivity index (χ3n) is 6.62. The predicted octanol–water partition coefficient (Wildman–Crippen LogP) is 5.20. The van der Waals surface area contributed by atoms with E-state index in [2.05, 4.69) is 41.4 Å². The van der Waals surface area contributed by atoms with Gasteiger partial charge in [-0.1, -0.05) is 33.6 Å². The second-order valence-corrected chi connectivity index (χ2v) is 10.3. The highest BCUT2D eigenvalue weighted by atomic mass is 16.2. The Morgan fingerprint density at radius 3 is 2.62 bits per heavy atom. The number of hydrogen-bond acceptors (Lipinski definition) is 3. The Bertz CT molecular complexity index is 1260. The van der Waals surface area contributed by atoms with Crippen LogP contribution in [0.3, 0.4) is 0 Å². The van der Waals surface area contributed by atoms with Crippen molar-refractivity contribution in [2.24, 2.45) is 5.41 Å². The third kappa shape index (κ3) is 4.79. The summed E-state index contributed by atoms with van der Waals surface area (Å²) in [5, 5.41) is 6.89. The molecule has 0 saturated carbocycles. The van der Waals surface area contributed by atoms with Crippen LogP contribution in [0.5, 0.6) is 0 Å². The molecule has 0 aliphatic heterocycles. The summed E-state index contributed by atoms with van der Waals surface area (Å²) in [6.07, 6.45) is 3.43. The van der Waals surface area contributed by atoms with Crippen LogP contribution in [0.25, 0.3) is 10.9 Å². The molecule has 1 aliphatic rings. The fraction of sp³-hybridized carbons (Fsp3) is 0.444. The van der Waals surface area contributed by atoms with E-state index in [1.54, 1.807) is 6.92 Å². The monoisotopic (exact) mass is 462 g/mol. The molecule has 0 bridgehead atoms. The van der Waals surface area contributed by atoms with Crippen LogP contribution in [0.15, 0.2) is 24.3 Å². The van der Waals surface area contributed by atoms with Gasteiger partial charge in [0.05, 0.1) is 0 Å². The molecule has 3 aromatic rings. The first-order chi connectivity index (χ1) is 16.1. The van der Waals surface area contributed by atoms with Gasteiger partial charge >= 0.3 is 0 Å². The molecule has 0 radical (unpaired) electrons. The molecular formula is C27H34N4O3. The molecule has 7 nitrogen and oxygen atoms in total. The molecule has 7 heteroatoms. The van der Waals surface area contributed by atoms with E-state index in [-0.39, 0.29) is 23.0 Å². The van der Waals surface area contributed by atoms with Gasteiger partial charge in [-0.25, -0.2) is 0 Å². The largest absolute Gasteiger partial charge is 0.359 e. The first-order valence-electron chi connectivity index (χ1n) is 12.0. The molecule has 2 heterocycles. The van der Waals surface area contributed by atoms with Crippen LogP contribution in [0.4, 0.5) is 5.69 Å².